The lowest BCUT2D eigenvalue weighted by molar-refractivity contribution is 0.281. The molecule has 0 spiro atoms. The second-order valence-electron chi connectivity index (χ2n) is 5.34. The number of nitrogens with one attached hydrogen (secondary N) is 1. The summed E-state index contributed by atoms with van der Waals surface area (Å²) >= 11 is 0. The summed E-state index contributed by atoms with van der Waals surface area (Å²) in [5, 5.41) is 3.46. The number of hydrogen-bond acceptors (Lipinski definition) is 2. The van der Waals surface area contributed by atoms with E-state index >= 15 is 0 Å². The molecule has 0 saturated carbocycles. The molecule has 2 nitrogen and oxygen atoms in total. The van der Waals surface area contributed by atoms with Gasteiger partial charge in [-0.1, -0.05) is 26.7 Å². The quantitative estimate of drug-likeness (QED) is 0.428. The minimum absolute atomic E-state index is 0.305. The second-order valence-corrected chi connectivity index (χ2v) is 10.2. The van der Waals surface area contributed by atoms with E-state index in [1.807, 2.05) is 0 Å². The SMILES string of the molecule is C#CCNCCCO[Si](C)(C)C(C)(C)C. The summed E-state index contributed by atoms with van der Waals surface area (Å²) in [6.45, 7) is 13.8. The third-order valence-electron chi connectivity index (χ3n) is 2.99. The van der Waals surface area contributed by atoms with E-state index in [-0.39, 0.29) is 0 Å². The first kappa shape index (κ1) is 14.7. The van der Waals surface area contributed by atoms with E-state index < -0.39 is 8.32 Å². The zero-order valence-corrected chi connectivity index (χ0v) is 11.8. The molecule has 0 rings (SSSR count). The van der Waals surface area contributed by atoms with Gasteiger partial charge in [-0.3, -0.25) is 0 Å². The Morgan fingerprint density at radius 3 is 2.40 bits per heavy atom. The average molecular weight is 227 g/mol. The first-order chi connectivity index (χ1) is 6.81. The van der Waals surface area contributed by atoms with Crippen LogP contribution in [0, 0.1) is 12.3 Å². The van der Waals surface area contributed by atoms with Gasteiger partial charge in [0.05, 0.1) is 6.54 Å². The molecule has 0 aromatic heterocycles. The Kier molecular flexibility index (Phi) is 6.19. The summed E-state index contributed by atoms with van der Waals surface area (Å²) in [6.07, 6.45) is 6.17. The minimum atomic E-state index is -1.54. The van der Waals surface area contributed by atoms with E-state index in [2.05, 4.69) is 45.1 Å². The predicted octanol–water partition coefficient (Wildman–Crippen LogP) is 2.62. The molecule has 0 saturated heterocycles. The molecule has 0 aliphatic rings. The summed E-state index contributed by atoms with van der Waals surface area (Å²) < 4.78 is 6.02. The lowest BCUT2D eigenvalue weighted by Gasteiger charge is -2.36. The van der Waals surface area contributed by atoms with Crippen LogP contribution < -0.4 is 5.32 Å². The minimum Gasteiger partial charge on any atom is -0.417 e. The Balaban J connectivity index is 3.64. The van der Waals surface area contributed by atoms with Crippen LogP contribution in [0.1, 0.15) is 27.2 Å². The van der Waals surface area contributed by atoms with Crippen LogP contribution in [-0.2, 0) is 4.43 Å². The van der Waals surface area contributed by atoms with Gasteiger partial charge in [-0.15, -0.1) is 6.42 Å². The Bertz CT molecular complexity index is 213. The molecule has 0 aliphatic heterocycles. The molecule has 0 heterocycles. The molecule has 0 bridgehead atoms. The van der Waals surface area contributed by atoms with Crippen molar-refractivity contribution in [3.8, 4) is 12.3 Å². The highest BCUT2D eigenvalue weighted by molar-refractivity contribution is 6.74. The summed E-state index contributed by atoms with van der Waals surface area (Å²) in [5.41, 5.74) is 0. The third kappa shape index (κ3) is 5.98. The smallest absolute Gasteiger partial charge is 0.191 e. The number of rotatable bonds is 6. The summed E-state index contributed by atoms with van der Waals surface area (Å²) in [5.74, 6) is 2.56. The first-order valence-corrected chi connectivity index (χ1v) is 8.50. The molecule has 0 unspecified atom stereocenters. The van der Waals surface area contributed by atoms with Crippen molar-refractivity contribution in [2.45, 2.75) is 45.3 Å². The van der Waals surface area contributed by atoms with Gasteiger partial charge in [0, 0.05) is 6.61 Å². The van der Waals surface area contributed by atoms with Crippen molar-refractivity contribution in [3.05, 3.63) is 0 Å². The van der Waals surface area contributed by atoms with Crippen LogP contribution in [0.2, 0.25) is 18.1 Å². The molecular formula is C12H25NOSi. The predicted molar refractivity (Wildman–Crippen MR) is 69.5 cm³/mol. The Hall–Kier alpha value is -0.303. The zero-order valence-electron chi connectivity index (χ0n) is 10.8. The first-order valence-electron chi connectivity index (χ1n) is 5.59. The zero-order chi connectivity index (χ0) is 11.9. The molecular weight excluding hydrogens is 202 g/mol. The van der Waals surface area contributed by atoms with E-state index in [1.165, 1.54) is 0 Å². The summed E-state index contributed by atoms with van der Waals surface area (Å²) in [4.78, 5) is 0. The third-order valence-corrected chi connectivity index (χ3v) is 7.53. The van der Waals surface area contributed by atoms with Gasteiger partial charge in [0.1, 0.15) is 0 Å². The Labute approximate surface area is 95.9 Å². The molecule has 0 amide bonds. The Morgan fingerprint density at radius 1 is 1.33 bits per heavy atom. The van der Waals surface area contributed by atoms with E-state index in [0.29, 0.717) is 11.6 Å². The molecule has 88 valence electrons. The van der Waals surface area contributed by atoms with Crippen LogP contribution in [0.15, 0.2) is 0 Å². The van der Waals surface area contributed by atoms with Crippen molar-refractivity contribution < 1.29 is 4.43 Å². The lowest BCUT2D eigenvalue weighted by atomic mass is 10.2. The Morgan fingerprint density at radius 2 is 1.93 bits per heavy atom. The van der Waals surface area contributed by atoms with Gasteiger partial charge in [-0.05, 0) is 31.1 Å². The van der Waals surface area contributed by atoms with Crippen LogP contribution in [0.25, 0.3) is 0 Å². The van der Waals surface area contributed by atoms with Gasteiger partial charge in [-0.25, -0.2) is 0 Å². The van der Waals surface area contributed by atoms with E-state index in [9.17, 15) is 0 Å². The molecule has 0 aromatic rings. The average Bonchev–Trinajstić information content (AvgIpc) is 2.09. The standard InChI is InChI=1S/C12H25NOSi/c1-7-9-13-10-8-11-14-15(5,6)12(2,3)4/h1,13H,8-11H2,2-6H3. The van der Waals surface area contributed by atoms with Crippen LogP contribution in [0.3, 0.4) is 0 Å². The van der Waals surface area contributed by atoms with Gasteiger partial charge in [0.15, 0.2) is 8.32 Å². The van der Waals surface area contributed by atoms with Crippen LogP contribution in [-0.4, -0.2) is 28.0 Å². The van der Waals surface area contributed by atoms with Crippen molar-refractivity contribution in [2.75, 3.05) is 19.7 Å². The largest absolute Gasteiger partial charge is 0.417 e. The molecule has 15 heavy (non-hydrogen) atoms. The van der Waals surface area contributed by atoms with Gasteiger partial charge >= 0.3 is 0 Å². The van der Waals surface area contributed by atoms with Crippen LogP contribution in [0.4, 0.5) is 0 Å². The fourth-order valence-corrected chi connectivity index (χ4v) is 1.99. The second kappa shape index (κ2) is 6.32. The molecule has 1 N–H and O–H groups in total. The highest BCUT2D eigenvalue weighted by atomic mass is 28.4. The fourth-order valence-electron chi connectivity index (χ4n) is 0.902. The molecule has 0 aromatic carbocycles. The monoisotopic (exact) mass is 227 g/mol. The van der Waals surface area contributed by atoms with Crippen LogP contribution in [0.5, 0.6) is 0 Å². The lowest BCUT2D eigenvalue weighted by Crippen LogP contribution is -2.41. The van der Waals surface area contributed by atoms with Crippen LogP contribution >= 0.6 is 0 Å². The van der Waals surface area contributed by atoms with Crippen molar-refractivity contribution in [1.29, 1.82) is 0 Å². The molecule has 0 radical (unpaired) electrons. The molecule has 0 fully saturated rings. The van der Waals surface area contributed by atoms with Gasteiger partial charge < -0.3 is 9.74 Å². The van der Waals surface area contributed by atoms with E-state index in [1.54, 1.807) is 0 Å². The fraction of sp³-hybridized carbons (Fsp3) is 0.833. The van der Waals surface area contributed by atoms with E-state index in [4.69, 9.17) is 10.8 Å². The summed E-state index contributed by atoms with van der Waals surface area (Å²) in [6, 6.07) is 0. The number of terminal acetylenes is 1. The van der Waals surface area contributed by atoms with Crippen molar-refractivity contribution in [3.63, 3.8) is 0 Å². The van der Waals surface area contributed by atoms with E-state index in [0.717, 1.165) is 19.6 Å². The molecule has 0 atom stereocenters. The van der Waals surface area contributed by atoms with Crippen molar-refractivity contribution in [2.24, 2.45) is 0 Å². The van der Waals surface area contributed by atoms with Crippen molar-refractivity contribution >= 4 is 8.32 Å². The molecule has 0 aliphatic carbocycles. The van der Waals surface area contributed by atoms with Gasteiger partial charge in [0.2, 0.25) is 0 Å². The number of hydrogen-bond donors (Lipinski definition) is 1. The maximum absolute atomic E-state index is 6.02. The highest BCUT2D eigenvalue weighted by Gasteiger charge is 2.36. The molecule has 3 heteroatoms. The van der Waals surface area contributed by atoms with Gasteiger partial charge in [-0.2, -0.15) is 0 Å². The van der Waals surface area contributed by atoms with Crippen molar-refractivity contribution in [1.82, 2.24) is 5.32 Å². The summed E-state index contributed by atoms with van der Waals surface area (Å²) in [7, 11) is -1.54. The van der Waals surface area contributed by atoms with Gasteiger partial charge in [0.25, 0.3) is 0 Å². The maximum atomic E-state index is 6.02. The highest BCUT2D eigenvalue weighted by Crippen LogP contribution is 2.36. The topological polar surface area (TPSA) is 21.3 Å². The normalized spacial score (nSPS) is 12.5. The maximum Gasteiger partial charge on any atom is 0.191 e.